The number of benzene rings is 3. The smallest absolute Gasteiger partial charge is 0.330 e. The van der Waals surface area contributed by atoms with Gasteiger partial charge in [-0.05, 0) is 42.8 Å². The van der Waals surface area contributed by atoms with Crippen LogP contribution < -0.4 is 0 Å². The van der Waals surface area contributed by atoms with Crippen molar-refractivity contribution < 1.29 is 32.3 Å². The number of sulfone groups is 1. The summed E-state index contributed by atoms with van der Waals surface area (Å²) in [4.78, 5) is 53.8. The van der Waals surface area contributed by atoms with Gasteiger partial charge in [-0.25, -0.2) is 13.2 Å². The van der Waals surface area contributed by atoms with E-state index < -0.39 is 51.3 Å². The molecule has 10 heteroatoms. The highest BCUT2D eigenvalue weighted by atomic mass is 35.5. The van der Waals surface area contributed by atoms with E-state index in [-0.39, 0.29) is 23.1 Å². The highest BCUT2D eigenvalue weighted by Crippen LogP contribution is 2.29. The molecule has 0 saturated heterocycles. The van der Waals surface area contributed by atoms with Gasteiger partial charge < -0.3 is 4.74 Å². The number of ketones is 1. The predicted molar refractivity (Wildman–Crippen MR) is 136 cm³/mol. The molecule has 1 heterocycles. The van der Waals surface area contributed by atoms with Gasteiger partial charge in [-0.1, -0.05) is 54.1 Å². The molecule has 0 unspecified atom stereocenters. The maximum absolute atomic E-state index is 13.5. The Hall–Kier alpha value is -3.82. The van der Waals surface area contributed by atoms with E-state index in [0.717, 1.165) is 6.26 Å². The van der Waals surface area contributed by atoms with Gasteiger partial charge in [0.1, 0.15) is 15.9 Å². The number of halogens is 1. The van der Waals surface area contributed by atoms with Gasteiger partial charge in [0.25, 0.3) is 11.8 Å². The van der Waals surface area contributed by atoms with Crippen molar-refractivity contribution in [1.82, 2.24) is 4.90 Å². The number of ether oxygens (including phenoxy) is 1. The summed E-state index contributed by atoms with van der Waals surface area (Å²) in [5.74, 6) is -3.59. The lowest BCUT2D eigenvalue weighted by molar-refractivity contribution is -0.152. The monoisotopic (exact) mass is 539 g/mol. The molecular formula is C27H22ClNO7S. The van der Waals surface area contributed by atoms with Crippen molar-refractivity contribution in [3.8, 4) is 0 Å². The van der Waals surface area contributed by atoms with Gasteiger partial charge in [0, 0.05) is 22.4 Å². The number of hydrogen-bond acceptors (Lipinski definition) is 7. The highest BCUT2D eigenvalue weighted by Gasteiger charge is 2.44. The Morgan fingerprint density at radius 2 is 1.41 bits per heavy atom. The van der Waals surface area contributed by atoms with Gasteiger partial charge in [-0.2, -0.15) is 0 Å². The molecule has 190 valence electrons. The predicted octanol–water partition coefficient (Wildman–Crippen LogP) is 3.91. The maximum Gasteiger partial charge on any atom is 0.330 e. The Morgan fingerprint density at radius 3 is 1.95 bits per heavy atom. The summed E-state index contributed by atoms with van der Waals surface area (Å²) in [7, 11) is -3.57. The minimum absolute atomic E-state index is 0.0986. The molecule has 4 rings (SSSR count). The first-order valence-electron chi connectivity index (χ1n) is 11.3. The van der Waals surface area contributed by atoms with Crippen molar-refractivity contribution in [2.75, 3.05) is 12.0 Å². The van der Waals surface area contributed by atoms with Gasteiger partial charge >= 0.3 is 5.97 Å². The van der Waals surface area contributed by atoms with Crippen molar-refractivity contribution in [3.63, 3.8) is 0 Å². The molecule has 0 N–H and O–H groups in total. The number of amides is 2. The first-order valence-corrected chi connectivity index (χ1v) is 13.7. The molecule has 0 bridgehead atoms. The van der Waals surface area contributed by atoms with Crippen LogP contribution in [0, 0.1) is 0 Å². The van der Waals surface area contributed by atoms with Crippen LogP contribution in [0.2, 0.25) is 5.02 Å². The van der Waals surface area contributed by atoms with E-state index in [2.05, 4.69) is 0 Å². The summed E-state index contributed by atoms with van der Waals surface area (Å²) in [6.07, 6.45) is -0.820. The number of carbonyl (C=O) groups excluding carboxylic acids is 4. The highest BCUT2D eigenvalue weighted by molar-refractivity contribution is 7.90. The number of carbonyl (C=O) groups is 4. The van der Waals surface area contributed by atoms with E-state index in [1.54, 1.807) is 42.5 Å². The molecule has 0 aromatic heterocycles. The number of Topliss-reactive ketones (excluding diaryl/α,β-unsaturated/α-hetero) is 1. The number of fused-ring (bicyclic) bond motifs is 1. The number of esters is 1. The second-order valence-electron chi connectivity index (χ2n) is 8.56. The number of rotatable bonds is 9. The minimum Gasteiger partial charge on any atom is -0.447 e. The lowest BCUT2D eigenvalue weighted by atomic mass is 9.99. The first-order chi connectivity index (χ1) is 17.6. The van der Waals surface area contributed by atoms with Crippen molar-refractivity contribution >= 4 is 45.0 Å². The summed E-state index contributed by atoms with van der Waals surface area (Å²) < 4.78 is 29.5. The standard InChI is InChI=1S/C27H22ClNO7S/c1-37(34,35)16-15-22(29-25(31)20-9-5-6-10-21(20)26(29)32)27(33)36-24(18-7-3-2-4-8-18)23(30)17-11-13-19(28)14-12-17/h2-14,22,24H,15-16H2,1H3/t22-,24-/m1/s1. The van der Waals surface area contributed by atoms with E-state index in [0.29, 0.717) is 15.5 Å². The van der Waals surface area contributed by atoms with Crippen molar-refractivity contribution in [3.05, 3.63) is 106 Å². The van der Waals surface area contributed by atoms with E-state index in [1.807, 2.05) is 0 Å². The average Bonchev–Trinajstić information content (AvgIpc) is 3.13. The lowest BCUT2D eigenvalue weighted by Crippen LogP contribution is -2.47. The zero-order chi connectivity index (χ0) is 26.7. The molecule has 1 aliphatic heterocycles. The van der Waals surface area contributed by atoms with Crippen LogP contribution >= 0.6 is 11.6 Å². The van der Waals surface area contributed by atoms with Crippen LogP contribution in [0.1, 0.15) is 49.2 Å². The summed E-state index contributed by atoms with van der Waals surface area (Å²) >= 11 is 5.93. The average molecular weight is 540 g/mol. The number of imide groups is 1. The summed E-state index contributed by atoms with van der Waals surface area (Å²) in [6.45, 7) is 0. The molecular weight excluding hydrogens is 518 g/mol. The Balaban J connectivity index is 1.70. The second-order valence-corrected chi connectivity index (χ2v) is 11.3. The summed E-state index contributed by atoms with van der Waals surface area (Å²) in [6, 6.07) is 18.7. The SMILES string of the molecule is CS(=O)(=O)CC[C@H](C(=O)O[C@@H](C(=O)c1ccc(Cl)cc1)c1ccccc1)N1C(=O)c2ccccc2C1=O. The van der Waals surface area contributed by atoms with E-state index in [9.17, 15) is 27.6 Å². The third-order valence-corrected chi connectivity index (χ3v) is 7.10. The van der Waals surface area contributed by atoms with Crippen LogP contribution in [0.4, 0.5) is 0 Å². The topological polar surface area (TPSA) is 115 Å². The fourth-order valence-electron chi connectivity index (χ4n) is 4.03. The third-order valence-electron chi connectivity index (χ3n) is 5.87. The van der Waals surface area contributed by atoms with Crippen LogP contribution in [-0.4, -0.2) is 54.9 Å². The lowest BCUT2D eigenvalue weighted by Gasteiger charge is -2.27. The van der Waals surface area contributed by atoms with E-state index in [1.165, 1.54) is 36.4 Å². The molecule has 8 nitrogen and oxygen atoms in total. The molecule has 0 fully saturated rings. The van der Waals surface area contributed by atoms with Gasteiger partial charge in [0.15, 0.2) is 6.10 Å². The Labute approximate surface area is 218 Å². The van der Waals surface area contributed by atoms with Crippen molar-refractivity contribution in [2.24, 2.45) is 0 Å². The Bertz CT molecular complexity index is 1440. The second kappa shape index (κ2) is 10.7. The van der Waals surface area contributed by atoms with Crippen LogP contribution in [0.5, 0.6) is 0 Å². The zero-order valence-corrected chi connectivity index (χ0v) is 21.2. The summed E-state index contributed by atoms with van der Waals surface area (Å²) in [5.41, 5.74) is 0.780. The first kappa shape index (κ1) is 26.2. The van der Waals surface area contributed by atoms with Gasteiger partial charge in [0.05, 0.1) is 16.9 Å². The number of nitrogens with zero attached hydrogens (tertiary/aromatic N) is 1. The Kier molecular flexibility index (Phi) is 7.56. The van der Waals surface area contributed by atoms with Crippen molar-refractivity contribution in [2.45, 2.75) is 18.6 Å². The normalized spacial score (nSPS) is 14.7. The molecule has 0 saturated carbocycles. The van der Waals surface area contributed by atoms with E-state index in [4.69, 9.17) is 16.3 Å². The van der Waals surface area contributed by atoms with Crippen LogP contribution in [0.15, 0.2) is 78.9 Å². The summed E-state index contributed by atoms with van der Waals surface area (Å²) in [5, 5.41) is 0.413. The quantitative estimate of drug-likeness (QED) is 0.230. The zero-order valence-electron chi connectivity index (χ0n) is 19.7. The molecule has 1 aliphatic rings. The minimum atomic E-state index is -3.57. The van der Waals surface area contributed by atoms with Crippen LogP contribution in [-0.2, 0) is 19.4 Å². The molecule has 2 atom stereocenters. The van der Waals surface area contributed by atoms with Crippen LogP contribution in [0.25, 0.3) is 0 Å². The van der Waals surface area contributed by atoms with Gasteiger partial charge in [-0.15, -0.1) is 0 Å². The third kappa shape index (κ3) is 5.79. The fraction of sp³-hybridized carbons (Fsp3) is 0.185. The molecule has 0 aliphatic carbocycles. The molecule has 2 amide bonds. The van der Waals surface area contributed by atoms with Gasteiger partial charge in [-0.3, -0.25) is 19.3 Å². The molecule has 37 heavy (non-hydrogen) atoms. The molecule has 0 radical (unpaired) electrons. The maximum atomic E-state index is 13.5. The molecule has 0 spiro atoms. The van der Waals surface area contributed by atoms with E-state index >= 15 is 0 Å². The number of hydrogen-bond donors (Lipinski definition) is 0. The van der Waals surface area contributed by atoms with Crippen molar-refractivity contribution in [1.29, 1.82) is 0 Å². The Morgan fingerprint density at radius 1 is 0.865 bits per heavy atom. The fourth-order valence-corrected chi connectivity index (χ4v) is 4.81. The van der Waals surface area contributed by atoms with Crippen LogP contribution in [0.3, 0.4) is 0 Å². The van der Waals surface area contributed by atoms with Gasteiger partial charge in [0.2, 0.25) is 5.78 Å². The molecule has 3 aromatic carbocycles. The largest absolute Gasteiger partial charge is 0.447 e. The molecule has 3 aromatic rings.